The summed E-state index contributed by atoms with van der Waals surface area (Å²) < 4.78 is 11.6. The number of ether oxygens (including phenoxy) is 2. The van der Waals surface area contributed by atoms with Gasteiger partial charge < -0.3 is 19.5 Å². The second-order valence-electron chi connectivity index (χ2n) is 5.34. The number of hydrogen-bond donors (Lipinski definition) is 1. The zero-order valence-corrected chi connectivity index (χ0v) is 12.6. The molecule has 0 bridgehead atoms. The van der Waals surface area contributed by atoms with Gasteiger partial charge in [0, 0.05) is 19.2 Å². The maximum atomic E-state index is 11.0. The molecule has 0 saturated carbocycles. The second-order valence-corrected chi connectivity index (χ2v) is 5.34. The average Bonchev–Trinajstić information content (AvgIpc) is 3.04. The Bertz CT molecular complexity index is 663. The van der Waals surface area contributed by atoms with Crippen LogP contribution in [-0.2, 0) is 6.61 Å². The topological polar surface area (TPSA) is 71.9 Å². The summed E-state index contributed by atoms with van der Waals surface area (Å²) in [5, 5.41) is 8.99. The first kappa shape index (κ1) is 15.1. The van der Waals surface area contributed by atoms with Crippen LogP contribution in [0, 0.1) is 0 Å². The average molecular weight is 314 g/mol. The van der Waals surface area contributed by atoms with Crippen LogP contribution >= 0.6 is 0 Å². The van der Waals surface area contributed by atoms with Gasteiger partial charge in [0.25, 0.3) is 5.88 Å². The van der Waals surface area contributed by atoms with E-state index in [9.17, 15) is 4.79 Å². The first-order valence-corrected chi connectivity index (χ1v) is 7.48. The van der Waals surface area contributed by atoms with E-state index in [0.29, 0.717) is 37.7 Å². The summed E-state index contributed by atoms with van der Waals surface area (Å²) in [4.78, 5) is 16.5. The van der Waals surface area contributed by atoms with E-state index >= 15 is 0 Å². The molecule has 0 aliphatic carbocycles. The molecule has 0 radical (unpaired) electrons. The molecule has 1 amide bonds. The molecule has 2 heterocycles. The van der Waals surface area contributed by atoms with Gasteiger partial charge in [-0.3, -0.25) is 0 Å². The predicted molar refractivity (Wildman–Crippen MR) is 83.6 cm³/mol. The maximum Gasteiger partial charge on any atom is 0.407 e. The summed E-state index contributed by atoms with van der Waals surface area (Å²) in [7, 11) is 0. The molecule has 1 aliphatic rings. The maximum absolute atomic E-state index is 11.0. The molecule has 1 fully saturated rings. The van der Waals surface area contributed by atoms with E-state index in [1.54, 1.807) is 18.3 Å². The van der Waals surface area contributed by atoms with Gasteiger partial charge in [-0.15, -0.1) is 0 Å². The number of pyridine rings is 1. The van der Waals surface area contributed by atoms with Crippen molar-refractivity contribution in [3.8, 4) is 11.6 Å². The van der Waals surface area contributed by atoms with E-state index < -0.39 is 6.09 Å². The molecule has 1 saturated heterocycles. The van der Waals surface area contributed by atoms with Crippen LogP contribution in [0.25, 0.3) is 0 Å². The first-order valence-electron chi connectivity index (χ1n) is 7.48. The lowest BCUT2D eigenvalue weighted by Gasteiger charge is -2.16. The fourth-order valence-electron chi connectivity index (χ4n) is 2.47. The number of hydrogen-bond acceptors (Lipinski definition) is 4. The third kappa shape index (κ3) is 3.91. The minimum absolute atomic E-state index is 0.194. The van der Waals surface area contributed by atoms with E-state index in [4.69, 9.17) is 14.6 Å². The van der Waals surface area contributed by atoms with Crippen molar-refractivity contribution in [2.24, 2.45) is 0 Å². The molecule has 1 aliphatic heterocycles. The monoisotopic (exact) mass is 314 g/mol. The molecule has 3 rings (SSSR count). The van der Waals surface area contributed by atoms with Crippen LogP contribution in [0.4, 0.5) is 4.79 Å². The second kappa shape index (κ2) is 7.00. The fraction of sp³-hybridized carbons (Fsp3) is 0.294. The van der Waals surface area contributed by atoms with Crippen molar-refractivity contribution < 1.29 is 19.4 Å². The SMILES string of the molecule is O=C(O)N1CC[C@H](Oc2ncccc2OCc2ccccc2)C1. The van der Waals surface area contributed by atoms with Crippen molar-refractivity contribution >= 4 is 6.09 Å². The van der Waals surface area contributed by atoms with Crippen molar-refractivity contribution in [3.05, 3.63) is 54.2 Å². The minimum Gasteiger partial charge on any atom is -0.483 e. The van der Waals surface area contributed by atoms with Gasteiger partial charge in [-0.2, -0.15) is 0 Å². The normalized spacial score (nSPS) is 17.0. The number of benzene rings is 1. The summed E-state index contributed by atoms with van der Waals surface area (Å²) >= 11 is 0. The molecule has 1 N–H and O–H groups in total. The lowest BCUT2D eigenvalue weighted by molar-refractivity contribution is 0.142. The Hall–Kier alpha value is -2.76. The van der Waals surface area contributed by atoms with Crippen molar-refractivity contribution in [2.45, 2.75) is 19.1 Å². The molecule has 23 heavy (non-hydrogen) atoms. The summed E-state index contributed by atoms with van der Waals surface area (Å²) in [6, 6.07) is 13.4. The Morgan fingerprint density at radius 3 is 2.83 bits per heavy atom. The lowest BCUT2D eigenvalue weighted by Crippen LogP contribution is -2.29. The highest BCUT2D eigenvalue weighted by atomic mass is 16.5. The van der Waals surface area contributed by atoms with Crippen LogP contribution < -0.4 is 9.47 Å². The Kier molecular flexibility index (Phi) is 4.61. The zero-order valence-electron chi connectivity index (χ0n) is 12.6. The highest BCUT2D eigenvalue weighted by Crippen LogP contribution is 2.27. The summed E-state index contributed by atoms with van der Waals surface area (Å²) in [6.45, 7) is 1.26. The Morgan fingerprint density at radius 2 is 2.09 bits per heavy atom. The van der Waals surface area contributed by atoms with Crippen molar-refractivity contribution in [1.29, 1.82) is 0 Å². The van der Waals surface area contributed by atoms with E-state index in [2.05, 4.69) is 4.98 Å². The number of carbonyl (C=O) groups is 1. The van der Waals surface area contributed by atoms with Gasteiger partial charge in [0.1, 0.15) is 12.7 Å². The zero-order chi connectivity index (χ0) is 16.1. The molecule has 6 nitrogen and oxygen atoms in total. The molecule has 0 spiro atoms. The number of aromatic nitrogens is 1. The van der Waals surface area contributed by atoms with Crippen LogP contribution in [0.3, 0.4) is 0 Å². The van der Waals surface area contributed by atoms with Crippen LogP contribution in [0.2, 0.25) is 0 Å². The molecule has 1 atom stereocenters. The third-order valence-electron chi connectivity index (χ3n) is 3.67. The van der Waals surface area contributed by atoms with Gasteiger partial charge in [0.15, 0.2) is 5.75 Å². The number of nitrogens with zero attached hydrogens (tertiary/aromatic N) is 2. The molecule has 1 aromatic carbocycles. The lowest BCUT2D eigenvalue weighted by atomic mass is 10.2. The minimum atomic E-state index is -0.919. The number of amides is 1. The largest absolute Gasteiger partial charge is 0.483 e. The van der Waals surface area contributed by atoms with Gasteiger partial charge in [0.05, 0.1) is 6.54 Å². The quantitative estimate of drug-likeness (QED) is 0.919. The van der Waals surface area contributed by atoms with Gasteiger partial charge in [-0.1, -0.05) is 30.3 Å². The van der Waals surface area contributed by atoms with E-state index in [-0.39, 0.29) is 6.10 Å². The highest BCUT2D eigenvalue weighted by molar-refractivity contribution is 5.65. The van der Waals surface area contributed by atoms with E-state index in [1.807, 2.05) is 30.3 Å². The standard InChI is InChI=1S/C17H18N2O4/c20-17(21)19-10-8-14(11-19)23-16-15(7-4-9-18-16)22-12-13-5-2-1-3-6-13/h1-7,9,14H,8,10-12H2,(H,20,21)/t14-/m0/s1. The first-order chi connectivity index (χ1) is 11.2. The van der Waals surface area contributed by atoms with E-state index in [1.165, 1.54) is 4.90 Å². The van der Waals surface area contributed by atoms with Crippen LogP contribution in [0.15, 0.2) is 48.7 Å². The number of likely N-dealkylation sites (tertiary alicyclic amines) is 1. The van der Waals surface area contributed by atoms with Gasteiger partial charge in [0.2, 0.25) is 0 Å². The highest BCUT2D eigenvalue weighted by Gasteiger charge is 2.28. The Labute approximate surface area is 134 Å². The molecule has 120 valence electrons. The molecule has 1 aromatic heterocycles. The predicted octanol–water partition coefficient (Wildman–Crippen LogP) is 2.79. The third-order valence-corrected chi connectivity index (χ3v) is 3.67. The molecular weight excluding hydrogens is 296 g/mol. The molecule has 6 heteroatoms. The van der Waals surface area contributed by atoms with Gasteiger partial charge in [-0.05, 0) is 17.7 Å². The Morgan fingerprint density at radius 1 is 1.26 bits per heavy atom. The summed E-state index contributed by atoms with van der Waals surface area (Å²) in [6.07, 6.45) is 1.17. The van der Waals surface area contributed by atoms with Crippen LogP contribution in [-0.4, -0.2) is 40.3 Å². The Balaban J connectivity index is 1.63. The van der Waals surface area contributed by atoms with Crippen molar-refractivity contribution in [2.75, 3.05) is 13.1 Å². The summed E-state index contributed by atoms with van der Waals surface area (Å²) in [5.41, 5.74) is 1.06. The molecule has 0 unspecified atom stereocenters. The number of rotatable bonds is 5. The van der Waals surface area contributed by atoms with Crippen LogP contribution in [0.5, 0.6) is 11.6 Å². The summed E-state index contributed by atoms with van der Waals surface area (Å²) in [5.74, 6) is 0.964. The van der Waals surface area contributed by atoms with Crippen molar-refractivity contribution in [1.82, 2.24) is 9.88 Å². The van der Waals surface area contributed by atoms with Gasteiger partial charge in [-0.25, -0.2) is 9.78 Å². The molecule has 2 aromatic rings. The number of carboxylic acid groups (broad SMARTS) is 1. The smallest absolute Gasteiger partial charge is 0.407 e. The van der Waals surface area contributed by atoms with Gasteiger partial charge >= 0.3 is 6.09 Å². The fourth-order valence-corrected chi connectivity index (χ4v) is 2.47. The van der Waals surface area contributed by atoms with Crippen LogP contribution in [0.1, 0.15) is 12.0 Å². The van der Waals surface area contributed by atoms with Crippen molar-refractivity contribution in [3.63, 3.8) is 0 Å². The van der Waals surface area contributed by atoms with E-state index in [0.717, 1.165) is 5.56 Å². The molecular formula is C17H18N2O4.